The van der Waals surface area contributed by atoms with Gasteiger partial charge in [0, 0.05) is 19.4 Å². The molecule has 0 aromatic carbocycles. The van der Waals surface area contributed by atoms with Gasteiger partial charge in [-0.15, -0.1) is 11.8 Å². The van der Waals surface area contributed by atoms with Gasteiger partial charge in [-0.3, -0.25) is 4.79 Å². The number of amides is 1. The highest BCUT2D eigenvalue weighted by Crippen LogP contribution is 2.06. The summed E-state index contributed by atoms with van der Waals surface area (Å²) in [4.78, 5) is 11.3. The smallest absolute Gasteiger partial charge is 0.220 e. The summed E-state index contributed by atoms with van der Waals surface area (Å²) in [7, 11) is 0. The molecule has 0 bridgehead atoms. The fraction of sp³-hybridized carbons (Fsp3) is 0.786. The van der Waals surface area contributed by atoms with Crippen LogP contribution in [0.15, 0.2) is 0 Å². The van der Waals surface area contributed by atoms with E-state index in [1.54, 1.807) is 0 Å². The van der Waals surface area contributed by atoms with Crippen LogP contribution in [0.1, 0.15) is 65.2 Å². The van der Waals surface area contributed by atoms with Gasteiger partial charge >= 0.3 is 0 Å². The number of nitrogens with one attached hydrogen (secondary N) is 1. The zero-order valence-electron chi connectivity index (χ0n) is 10.8. The largest absolute Gasteiger partial charge is 0.355 e. The Bertz CT molecular complexity index is 225. The Labute approximate surface area is 100 Å². The van der Waals surface area contributed by atoms with Gasteiger partial charge in [0.15, 0.2) is 0 Å². The Morgan fingerprint density at radius 3 is 2.50 bits per heavy atom. The monoisotopic (exact) mass is 223 g/mol. The predicted octanol–water partition coefficient (Wildman–Crippen LogP) is 3.27. The van der Waals surface area contributed by atoms with E-state index in [2.05, 4.69) is 24.1 Å². The van der Waals surface area contributed by atoms with Crippen molar-refractivity contribution in [1.82, 2.24) is 5.32 Å². The van der Waals surface area contributed by atoms with Gasteiger partial charge in [-0.1, -0.05) is 39.0 Å². The molecule has 92 valence electrons. The molecule has 0 radical (unpaired) electrons. The van der Waals surface area contributed by atoms with Crippen LogP contribution >= 0.6 is 0 Å². The lowest BCUT2D eigenvalue weighted by Gasteiger charge is -2.02. The van der Waals surface area contributed by atoms with E-state index >= 15 is 0 Å². The lowest BCUT2D eigenvalue weighted by molar-refractivity contribution is -0.121. The Morgan fingerprint density at radius 2 is 1.81 bits per heavy atom. The Morgan fingerprint density at radius 1 is 1.12 bits per heavy atom. The number of hydrogen-bond acceptors (Lipinski definition) is 1. The van der Waals surface area contributed by atoms with E-state index < -0.39 is 0 Å². The van der Waals surface area contributed by atoms with Gasteiger partial charge in [-0.25, -0.2) is 0 Å². The second kappa shape index (κ2) is 12.1. The van der Waals surface area contributed by atoms with Gasteiger partial charge < -0.3 is 5.32 Å². The summed E-state index contributed by atoms with van der Waals surface area (Å²) in [5.41, 5.74) is 0. The summed E-state index contributed by atoms with van der Waals surface area (Å²) < 4.78 is 0. The maximum Gasteiger partial charge on any atom is 0.220 e. The van der Waals surface area contributed by atoms with Crippen molar-refractivity contribution in [2.24, 2.45) is 0 Å². The minimum atomic E-state index is 0.174. The van der Waals surface area contributed by atoms with Crippen molar-refractivity contribution in [3.63, 3.8) is 0 Å². The Hall–Kier alpha value is -0.970. The van der Waals surface area contributed by atoms with Crippen LogP contribution in [0.5, 0.6) is 0 Å². The summed E-state index contributed by atoms with van der Waals surface area (Å²) in [6.45, 7) is 4.72. The second-order valence-corrected chi connectivity index (χ2v) is 4.04. The second-order valence-electron chi connectivity index (χ2n) is 4.04. The van der Waals surface area contributed by atoms with E-state index in [-0.39, 0.29) is 5.91 Å². The zero-order chi connectivity index (χ0) is 12.1. The van der Waals surface area contributed by atoms with Crippen LogP contribution in [0.3, 0.4) is 0 Å². The maximum atomic E-state index is 11.3. The van der Waals surface area contributed by atoms with Gasteiger partial charge in [-0.05, 0) is 13.3 Å². The number of hydrogen-bond donors (Lipinski definition) is 1. The molecule has 0 saturated heterocycles. The lowest BCUT2D eigenvalue weighted by atomic mass is 10.1. The highest BCUT2D eigenvalue weighted by molar-refractivity contribution is 5.75. The Balaban J connectivity index is 3.19. The molecule has 0 heterocycles. The van der Waals surface area contributed by atoms with Crippen LogP contribution in [0.4, 0.5) is 0 Å². The van der Waals surface area contributed by atoms with Crippen LogP contribution in [0, 0.1) is 11.8 Å². The number of carbonyl (C=O) groups excluding carboxylic acids is 1. The van der Waals surface area contributed by atoms with Gasteiger partial charge in [0.25, 0.3) is 0 Å². The van der Waals surface area contributed by atoms with Gasteiger partial charge in [-0.2, -0.15) is 0 Å². The molecule has 0 rings (SSSR count). The van der Waals surface area contributed by atoms with Crippen LogP contribution < -0.4 is 5.32 Å². The summed E-state index contributed by atoms with van der Waals surface area (Å²) >= 11 is 0. The summed E-state index contributed by atoms with van der Waals surface area (Å²) in [5, 5.41) is 2.88. The van der Waals surface area contributed by atoms with Crippen molar-refractivity contribution in [1.29, 1.82) is 0 Å². The van der Waals surface area contributed by atoms with Crippen molar-refractivity contribution in [2.45, 2.75) is 65.2 Å². The molecule has 0 unspecified atom stereocenters. The van der Waals surface area contributed by atoms with E-state index in [1.807, 2.05) is 6.92 Å². The van der Waals surface area contributed by atoms with Gasteiger partial charge in [0.1, 0.15) is 0 Å². The highest BCUT2D eigenvalue weighted by atomic mass is 16.1. The van der Waals surface area contributed by atoms with E-state index in [4.69, 9.17) is 0 Å². The third kappa shape index (κ3) is 11.1. The van der Waals surface area contributed by atoms with Gasteiger partial charge in [0.05, 0.1) is 0 Å². The first-order valence-corrected chi connectivity index (χ1v) is 6.47. The maximum absolute atomic E-state index is 11.3. The average molecular weight is 223 g/mol. The molecule has 16 heavy (non-hydrogen) atoms. The molecule has 0 aromatic heterocycles. The summed E-state index contributed by atoms with van der Waals surface area (Å²) in [6.07, 6.45) is 8.81. The number of rotatable bonds is 9. The molecule has 0 fully saturated rings. The summed E-state index contributed by atoms with van der Waals surface area (Å²) in [6, 6.07) is 0. The quantitative estimate of drug-likeness (QED) is 0.472. The molecule has 0 atom stereocenters. The first-order chi connectivity index (χ1) is 7.81. The first kappa shape index (κ1) is 15.0. The minimum absolute atomic E-state index is 0.174. The molecule has 0 aliphatic heterocycles. The molecule has 2 heteroatoms. The first-order valence-electron chi connectivity index (χ1n) is 6.47. The van der Waals surface area contributed by atoms with Crippen molar-refractivity contribution in [3.05, 3.63) is 0 Å². The molecule has 1 amide bonds. The molecule has 0 spiro atoms. The molecule has 0 saturated carbocycles. The standard InChI is InChI=1S/C14H25NO/c1-3-5-7-8-9-10-12-14(16)15-13-11-6-4-2/h3,5,7-13H2,1-2H3,(H,15,16). The molecule has 0 aliphatic rings. The Kier molecular flexibility index (Phi) is 11.4. The molecule has 2 nitrogen and oxygen atoms in total. The predicted molar refractivity (Wildman–Crippen MR) is 69.1 cm³/mol. The fourth-order valence-electron chi connectivity index (χ4n) is 1.54. The van der Waals surface area contributed by atoms with E-state index in [9.17, 15) is 4.79 Å². The molecule has 0 aliphatic carbocycles. The topological polar surface area (TPSA) is 29.1 Å². The molecular weight excluding hydrogens is 198 g/mol. The van der Waals surface area contributed by atoms with E-state index in [1.165, 1.54) is 32.1 Å². The van der Waals surface area contributed by atoms with Crippen molar-refractivity contribution in [3.8, 4) is 11.8 Å². The third-order valence-electron chi connectivity index (χ3n) is 2.51. The highest BCUT2D eigenvalue weighted by Gasteiger charge is 1.99. The normalized spacial score (nSPS) is 9.38. The molecule has 1 N–H and O–H groups in total. The molecule has 0 aromatic rings. The van der Waals surface area contributed by atoms with Crippen molar-refractivity contribution < 1.29 is 4.79 Å². The van der Waals surface area contributed by atoms with E-state index in [0.717, 1.165) is 12.8 Å². The SMILES string of the molecule is CC#CCCNC(=O)CCCCCCCC. The molecular formula is C14H25NO. The fourth-order valence-corrected chi connectivity index (χ4v) is 1.54. The third-order valence-corrected chi connectivity index (χ3v) is 2.51. The lowest BCUT2D eigenvalue weighted by Crippen LogP contribution is -2.23. The zero-order valence-corrected chi connectivity index (χ0v) is 10.8. The van der Waals surface area contributed by atoms with Gasteiger partial charge in [0.2, 0.25) is 5.91 Å². The van der Waals surface area contributed by atoms with Crippen LogP contribution in [0.25, 0.3) is 0 Å². The number of carbonyl (C=O) groups is 1. The van der Waals surface area contributed by atoms with Crippen LogP contribution in [-0.4, -0.2) is 12.5 Å². The average Bonchev–Trinajstić information content (AvgIpc) is 2.29. The minimum Gasteiger partial charge on any atom is -0.355 e. The van der Waals surface area contributed by atoms with E-state index in [0.29, 0.717) is 13.0 Å². The number of unbranched alkanes of at least 4 members (excludes halogenated alkanes) is 5. The van der Waals surface area contributed by atoms with Crippen molar-refractivity contribution >= 4 is 5.91 Å². The van der Waals surface area contributed by atoms with Crippen molar-refractivity contribution in [2.75, 3.05) is 6.54 Å². The van der Waals surface area contributed by atoms with Crippen LogP contribution in [0.2, 0.25) is 0 Å². The summed E-state index contributed by atoms with van der Waals surface area (Å²) in [5.74, 6) is 5.92. The van der Waals surface area contributed by atoms with Crippen LogP contribution in [-0.2, 0) is 4.79 Å².